The van der Waals surface area contributed by atoms with Gasteiger partial charge in [0.2, 0.25) is 0 Å². The summed E-state index contributed by atoms with van der Waals surface area (Å²) in [5.74, 6) is 0. The van der Waals surface area contributed by atoms with Crippen molar-refractivity contribution in [3.8, 4) is 0 Å². The average molecular weight is 151 g/mol. The maximum Gasteiger partial charge on any atom is 0.0143 e. The number of hydrogen-bond acceptors (Lipinski definition) is 1. The van der Waals surface area contributed by atoms with E-state index in [1.807, 2.05) is 0 Å². The molecule has 0 saturated carbocycles. The van der Waals surface area contributed by atoms with Gasteiger partial charge in [0.15, 0.2) is 0 Å². The summed E-state index contributed by atoms with van der Waals surface area (Å²) in [5, 5.41) is 0. The molecule has 0 amide bonds. The van der Waals surface area contributed by atoms with Crippen molar-refractivity contribution in [2.24, 2.45) is 0 Å². The standard InChI is InChI=1S/C10H17N/c1-3-11(2)10-8-6-4-5-7-9-10/h4-5,8H,3,6-7,9H2,1-2H3. The van der Waals surface area contributed by atoms with Crippen LogP contribution < -0.4 is 0 Å². The zero-order chi connectivity index (χ0) is 8.10. The lowest BCUT2D eigenvalue weighted by Gasteiger charge is -2.19. The van der Waals surface area contributed by atoms with Crippen molar-refractivity contribution in [3.63, 3.8) is 0 Å². The molecule has 11 heavy (non-hydrogen) atoms. The number of allylic oxidation sites excluding steroid dienone is 4. The van der Waals surface area contributed by atoms with Crippen LogP contribution in [-0.4, -0.2) is 18.5 Å². The third kappa shape index (κ3) is 2.41. The number of rotatable bonds is 2. The van der Waals surface area contributed by atoms with Crippen LogP contribution in [0.2, 0.25) is 0 Å². The predicted molar refractivity (Wildman–Crippen MR) is 49.4 cm³/mol. The van der Waals surface area contributed by atoms with Crippen LogP contribution in [0.1, 0.15) is 26.2 Å². The first-order valence-electron chi connectivity index (χ1n) is 4.39. The summed E-state index contributed by atoms with van der Waals surface area (Å²) in [6.07, 6.45) is 10.4. The molecule has 1 aliphatic rings. The molecule has 0 unspecified atom stereocenters. The SMILES string of the molecule is CCN(C)C1=CCC=CCC1. The lowest BCUT2D eigenvalue weighted by Crippen LogP contribution is -2.16. The minimum absolute atomic E-state index is 1.11. The van der Waals surface area contributed by atoms with Crippen molar-refractivity contribution in [3.05, 3.63) is 23.9 Å². The normalized spacial score (nSPS) is 17.5. The van der Waals surface area contributed by atoms with E-state index in [0.29, 0.717) is 0 Å². The van der Waals surface area contributed by atoms with Crippen molar-refractivity contribution in [1.82, 2.24) is 4.90 Å². The van der Waals surface area contributed by atoms with Crippen molar-refractivity contribution in [2.75, 3.05) is 13.6 Å². The quantitative estimate of drug-likeness (QED) is 0.548. The minimum Gasteiger partial charge on any atom is -0.378 e. The Hall–Kier alpha value is -0.720. The second-order valence-electron chi connectivity index (χ2n) is 2.96. The van der Waals surface area contributed by atoms with E-state index in [2.05, 4.69) is 37.1 Å². The van der Waals surface area contributed by atoms with Gasteiger partial charge in [0.1, 0.15) is 0 Å². The van der Waals surface area contributed by atoms with E-state index in [1.54, 1.807) is 0 Å². The zero-order valence-electron chi connectivity index (χ0n) is 7.51. The van der Waals surface area contributed by atoms with E-state index in [0.717, 1.165) is 13.0 Å². The maximum absolute atomic E-state index is 2.33. The molecule has 62 valence electrons. The highest BCUT2D eigenvalue weighted by molar-refractivity contribution is 5.08. The van der Waals surface area contributed by atoms with Crippen LogP contribution in [0.5, 0.6) is 0 Å². The number of nitrogens with zero attached hydrogens (tertiary/aromatic N) is 1. The topological polar surface area (TPSA) is 3.24 Å². The Morgan fingerprint density at radius 2 is 2.27 bits per heavy atom. The molecule has 0 heterocycles. The van der Waals surface area contributed by atoms with Gasteiger partial charge in [-0.05, 0) is 26.2 Å². The Labute approximate surface area is 69.4 Å². The second kappa shape index (κ2) is 4.22. The summed E-state index contributed by atoms with van der Waals surface area (Å²) in [7, 11) is 2.16. The molecule has 0 aromatic carbocycles. The average Bonchev–Trinajstić information content (AvgIpc) is 2.30. The van der Waals surface area contributed by atoms with E-state index < -0.39 is 0 Å². The fourth-order valence-corrected chi connectivity index (χ4v) is 1.30. The molecular weight excluding hydrogens is 134 g/mol. The molecule has 1 rings (SSSR count). The summed E-state index contributed by atoms with van der Waals surface area (Å²) >= 11 is 0. The van der Waals surface area contributed by atoms with Gasteiger partial charge in [0.25, 0.3) is 0 Å². The van der Waals surface area contributed by atoms with Crippen molar-refractivity contribution < 1.29 is 0 Å². The molecule has 0 spiro atoms. The lowest BCUT2D eigenvalue weighted by molar-refractivity contribution is 0.423. The molecule has 0 N–H and O–H groups in total. The molecule has 0 aromatic rings. The molecule has 0 fully saturated rings. The van der Waals surface area contributed by atoms with Gasteiger partial charge < -0.3 is 4.90 Å². The van der Waals surface area contributed by atoms with E-state index in [-0.39, 0.29) is 0 Å². The fraction of sp³-hybridized carbons (Fsp3) is 0.600. The van der Waals surface area contributed by atoms with Crippen LogP contribution in [-0.2, 0) is 0 Å². The summed E-state index contributed by atoms with van der Waals surface area (Å²) in [5.41, 5.74) is 1.50. The van der Waals surface area contributed by atoms with Gasteiger partial charge in [-0.3, -0.25) is 0 Å². The molecule has 1 heteroatoms. The van der Waals surface area contributed by atoms with Gasteiger partial charge in [0, 0.05) is 19.3 Å². The highest BCUT2D eigenvalue weighted by Crippen LogP contribution is 2.14. The van der Waals surface area contributed by atoms with E-state index in [1.165, 1.54) is 18.5 Å². The van der Waals surface area contributed by atoms with Crippen LogP contribution >= 0.6 is 0 Å². The third-order valence-corrected chi connectivity index (χ3v) is 2.19. The molecule has 1 nitrogen and oxygen atoms in total. The van der Waals surface area contributed by atoms with Gasteiger partial charge in [-0.1, -0.05) is 18.2 Å². The molecular formula is C10H17N. The third-order valence-electron chi connectivity index (χ3n) is 2.19. The van der Waals surface area contributed by atoms with Crippen LogP contribution in [0.3, 0.4) is 0 Å². The highest BCUT2D eigenvalue weighted by atomic mass is 15.1. The highest BCUT2D eigenvalue weighted by Gasteiger charge is 2.01. The summed E-state index contributed by atoms with van der Waals surface area (Å²) in [6, 6.07) is 0. The largest absolute Gasteiger partial charge is 0.378 e. The Bertz CT molecular complexity index is 168. The predicted octanol–water partition coefficient (Wildman–Crippen LogP) is 2.56. The summed E-state index contributed by atoms with van der Waals surface area (Å²) in [4.78, 5) is 2.33. The van der Waals surface area contributed by atoms with Gasteiger partial charge >= 0.3 is 0 Å². The van der Waals surface area contributed by atoms with Crippen molar-refractivity contribution in [1.29, 1.82) is 0 Å². The monoisotopic (exact) mass is 151 g/mol. The molecule has 0 atom stereocenters. The molecule has 0 saturated heterocycles. The minimum atomic E-state index is 1.11. The van der Waals surface area contributed by atoms with Gasteiger partial charge in [0.05, 0.1) is 0 Å². The van der Waals surface area contributed by atoms with Gasteiger partial charge in [-0.25, -0.2) is 0 Å². The summed E-state index contributed by atoms with van der Waals surface area (Å²) in [6.45, 7) is 3.31. The smallest absolute Gasteiger partial charge is 0.0143 e. The first kappa shape index (κ1) is 8.38. The maximum atomic E-state index is 2.33. The molecule has 0 aromatic heterocycles. The van der Waals surface area contributed by atoms with Crippen molar-refractivity contribution >= 4 is 0 Å². The number of hydrogen-bond donors (Lipinski definition) is 0. The van der Waals surface area contributed by atoms with Crippen LogP contribution in [0, 0.1) is 0 Å². The van der Waals surface area contributed by atoms with E-state index in [4.69, 9.17) is 0 Å². The second-order valence-corrected chi connectivity index (χ2v) is 2.96. The van der Waals surface area contributed by atoms with Crippen LogP contribution in [0.15, 0.2) is 23.9 Å². The first-order valence-corrected chi connectivity index (χ1v) is 4.39. The Balaban J connectivity index is 2.51. The van der Waals surface area contributed by atoms with Gasteiger partial charge in [-0.15, -0.1) is 0 Å². The molecule has 0 bridgehead atoms. The molecule has 0 radical (unpaired) electrons. The zero-order valence-corrected chi connectivity index (χ0v) is 7.51. The Morgan fingerprint density at radius 1 is 1.45 bits per heavy atom. The van der Waals surface area contributed by atoms with E-state index in [9.17, 15) is 0 Å². The molecule has 0 aliphatic heterocycles. The fourth-order valence-electron chi connectivity index (χ4n) is 1.30. The Morgan fingerprint density at radius 3 is 3.00 bits per heavy atom. The first-order chi connectivity index (χ1) is 5.34. The Kier molecular flexibility index (Phi) is 3.21. The van der Waals surface area contributed by atoms with Crippen LogP contribution in [0.25, 0.3) is 0 Å². The summed E-state index contributed by atoms with van der Waals surface area (Å²) < 4.78 is 0. The lowest BCUT2D eigenvalue weighted by atomic mass is 10.2. The van der Waals surface area contributed by atoms with Gasteiger partial charge in [-0.2, -0.15) is 0 Å². The van der Waals surface area contributed by atoms with Crippen molar-refractivity contribution in [2.45, 2.75) is 26.2 Å². The molecule has 1 aliphatic carbocycles. The van der Waals surface area contributed by atoms with E-state index >= 15 is 0 Å². The van der Waals surface area contributed by atoms with Crippen LogP contribution in [0.4, 0.5) is 0 Å².